The van der Waals surface area contributed by atoms with E-state index in [-0.39, 0.29) is 11.5 Å². The van der Waals surface area contributed by atoms with Crippen LogP contribution in [0.4, 0.5) is 0 Å². The highest BCUT2D eigenvalue weighted by atomic mass is 16.7. The first-order valence-corrected chi connectivity index (χ1v) is 8.28. The molecule has 7 nitrogen and oxygen atoms in total. The van der Waals surface area contributed by atoms with Crippen LogP contribution in [0.2, 0.25) is 0 Å². The lowest BCUT2D eigenvalue weighted by Crippen LogP contribution is -2.64. The zero-order valence-corrected chi connectivity index (χ0v) is 13.3. The quantitative estimate of drug-likeness (QED) is 0.296. The molecular formula is C17H18N4O3. The van der Waals surface area contributed by atoms with E-state index in [0.717, 1.165) is 24.9 Å². The molecule has 1 spiro atoms. The first-order valence-electron chi connectivity index (χ1n) is 8.28. The van der Waals surface area contributed by atoms with Gasteiger partial charge in [-0.2, -0.15) is 0 Å². The van der Waals surface area contributed by atoms with Crippen molar-refractivity contribution in [2.75, 3.05) is 13.6 Å². The van der Waals surface area contributed by atoms with E-state index < -0.39 is 6.10 Å². The fourth-order valence-corrected chi connectivity index (χ4v) is 5.36. The molecule has 2 heterocycles. The van der Waals surface area contributed by atoms with E-state index >= 15 is 0 Å². The van der Waals surface area contributed by atoms with Gasteiger partial charge in [-0.05, 0) is 43.6 Å². The summed E-state index contributed by atoms with van der Waals surface area (Å²) in [7, 11) is 2.17. The van der Waals surface area contributed by atoms with E-state index in [1.807, 2.05) is 12.1 Å². The van der Waals surface area contributed by atoms with Gasteiger partial charge in [-0.1, -0.05) is 18.2 Å². The van der Waals surface area contributed by atoms with Crippen molar-refractivity contribution in [1.29, 1.82) is 0 Å². The van der Waals surface area contributed by atoms with E-state index in [0.29, 0.717) is 23.5 Å². The molecule has 1 N–H and O–H groups in total. The summed E-state index contributed by atoms with van der Waals surface area (Å²) in [4.78, 5) is 10.3. The van der Waals surface area contributed by atoms with Gasteiger partial charge >= 0.3 is 0 Å². The average molecular weight is 326 g/mol. The van der Waals surface area contributed by atoms with E-state index in [2.05, 4.69) is 28.2 Å². The number of ether oxygens (including phenoxy) is 1. The highest BCUT2D eigenvalue weighted by Gasteiger charge is 2.64. The molecule has 5 rings (SSSR count). The van der Waals surface area contributed by atoms with E-state index in [9.17, 15) is 5.11 Å². The molecule has 0 radical (unpaired) electrons. The third-order valence-electron chi connectivity index (χ3n) is 6.31. The predicted octanol–water partition coefficient (Wildman–Crippen LogP) is 2.10. The summed E-state index contributed by atoms with van der Waals surface area (Å²) in [5.74, 6) is 1.38. The van der Waals surface area contributed by atoms with Crippen LogP contribution in [0.25, 0.3) is 10.4 Å². The van der Waals surface area contributed by atoms with Crippen molar-refractivity contribution < 1.29 is 14.7 Å². The molecule has 4 aliphatic rings. The molecule has 0 unspecified atom stereocenters. The summed E-state index contributed by atoms with van der Waals surface area (Å²) in [5.41, 5.74) is 10.7. The average Bonchev–Trinajstić information content (AvgIpc) is 2.94. The summed E-state index contributed by atoms with van der Waals surface area (Å²) < 4.78 is 6.23. The molecule has 7 heteroatoms. The van der Waals surface area contributed by atoms with Crippen molar-refractivity contribution >= 4 is 0 Å². The number of nitrogens with zero attached hydrogens (tertiary/aromatic N) is 4. The molecular weight excluding hydrogens is 308 g/mol. The van der Waals surface area contributed by atoms with Crippen LogP contribution in [0.3, 0.4) is 0 Å². The van der Waals surface area contributed by atoms with Crippen LogP contribution in [-0.4, -0.2) is 41.8 Å². The number of aliphatic hydroxyl groups is 1. The lowest BCUT2D eigenvalue weighted by Gasteiger charge is -2.56. The Kier molecular flexibility index (Phi) is 2.75. The van der Waals surface area contributed by atoms with E-state index in [1.165, 1.54) is 5.56 Å². The molecule has 0 saturated carbocycles. The Balaban J connectivity index is 1.76. The van der Waals surface area contributed by atoms with E-state index in [4.69, 9.17) is 15.1 Å². The summed E-state index contributed by atoms with van der Waals surface area (Å²) >= 11 is 0. The van der Waals surface area contributed by atoms with Gasteiger partial charge in [0, 0.05) is 27.8 Å². The fourth-order valence-electron chi connectivity index (χ4n) is 5.36. The first-order chi connectivity index (χ1) is 11.7. The van der Waals surface area contributed by atoms with Gasteiger partial charge in [-0.15, -0.1) is 0 Å². The summed E-state index contributed by atoms with van der Waals surface area (Å²) in [6.07, 6.45) is 4.96. The third kappa shape index (κ3) is 1.52. The number of likely N-dealkylation sites (N-methyl/N-ethyl adjacent to an activating group) is 1. The Morgan fingerprint density at radius 2 is 2.33 bits per heavy atom. The summed E-state index contributed by atoms with van der Waals surface area (Å²) in [6, 6.07) is 4.25. The van der Waals surface area contributed by atoms with Gasteiger partial charge < -0.3 is 19.6 Å². The molecule has 1 saturated heterocycles. The monoisotopic (exact) mass is 326 g/mol. The molecule has 2 aliphatic carbocycles. The minimum atomic E-state index is -0.643. The van der Waals surface area contributed by atoms with Gasteiger partial charge in [0.1, 0.15) is 17.5 Å². The number of rotatable bonds is 2. The Bertz CT molecular complexity index is 803. The van der Waals surface area contributed by atoms with Gasteiger partial charge in [0.05, 0.1) is 0 Å². The number of hydrogen-bond acceptors (Lipinski definition) is 5. The van der Waals surface area contributed by atoms with Crippen LogP contribution in [0, 0.1) is 5.92 Å². The standard InChI is InChI=1S/C17H18N4O3/c1-21-7-6-17-10-3-4-12(22)16(17)23-15-13(24-20-19-18)5-2-9(14(15)17)8-11(10)21/h2-5,10-12,16,22H,6-8H2,1H3/t10-,11+,12-,16-,17-/m0/s1. The topological polar surface area (TPSA) is 90.7 Å². The van der Waals surface area contributed by atoms with Crippen molar-refractivity contribution in [2.45, 2.75) is 36.5 Å². The summed E-state index contributed by atoms with van der Waals surface area (Å²) in [5, 5.41) is 13.8. The number of hydrogen-bond donors (Lipinski definition) is 1. The van der Waals surface area contributed by atoms with Crippen LogP contribution in [-0.2, 0) is 11.8 Å². The number of piperidine rings is 1. The van der Waals surface area contributed by atoms with Crippen LogP contribution in [0.15, 0.2) is 29.6 Å². The molecule has 1 fully saturated rings. The second kappa shape index (κ2) is 4.66. The molecule has 2 bridgehead atoms. The predicted molar refractivity (Wildman–Crippen MR) is 85.7 cm³/mol. The second-order valence-corrected chi connectivity index (χ2v) is 7.17. The number of likely N-dealkylation sites (tertiary alicyclic amines) is 1. The first kappa shape index (κ1) is 14.2. The van der Waals surface area contributed by atoms with Crippen LogP contribution >= 0.6 is 0 Å². The number of benzene rings is 1. The molecule has 24 heavy (non-hydrogen) atoms. The van der Waals surface area contributed by atoms with Gasteiger partial charge in [-0.25, -0.2) is 0 Å². The van der Waals surface area contributed by atoms with Gasteiger partial charge in [-0.3, -0.25) is 0 Å². The lowest BCUT2D eigenvalue weighted by molar-refractivity contribution is -0.0454. The molecule has 2 aliphatic heterocycles. The zero-order valence-electron chi connectivity index (χ0n) is 13.3. The van der Waals surface area contributed by atoms with Gasteiger partial charge in [0.25, 0.3) is 0 Å². The van der Waals surface area contributed by atoms with E-state index in [1.54, 1.807) is 6.07 Å². The zero-order chi connectivity index (χ0) is 16.5. The molecule has 0 aromatic heterocycles. The minimum Gasteiger partial charge on any atom is -0.482 e. The maximum absolute atomic E-state index is 10.6. The molecule has 0 amide bonds. The van der Waals surface area contributed by atoms with Gasteiger partial charge in [0.15, 0.2) is 11.5 Å². The van der Waals surface area contributed by atoms with Crippen molar-refractivity contribution in [2.24, 2.45) is 11.2 Å². The SMILES string of the molecule is CN1CC[C@]23c4c5ccc(ON=[N+]=[N-])c4O[C@H]2[C@@H](O)C=C[C@H]3[C@H]1C5. The third-order valence-corrected chi connectivity index (χ3v) is 6.31. The van der Waals surface area contributed by atoms with Crippen molar-refractivity contribution in [1.82, 2.24) is 4.90 Å². The number of azide groups is 1. The molecule has 1 aromatic carbocycles. The fraction of sp³-hybridized carbons (Fsp3) is 0.529. The van der Waals surface area contributed by atoms with Crippen LogP contribution in [0.5, 0.6) is 11.5 Å². The Hall–Kier alpha value is -2.21. The second-order valence-electron chi connectivity index (χ2n) is 7.17. The molecule has 1 aromatic rings. The highest BCUT2D eigenvalue weighted by molar-refractivity contribution is 5.62. The Morgan fingerprint density at radius 1 is 1.46 bits per heavy atom. The minimum absolute atomic E-state index is 0.218. The van der Waals surface area contributed by atoms with Crippen molar-refractivity contribution in [3.05, 3.63) is 45.9 Å². The highest BCUT2D eigenvalue weighted by Crippen LogP contribution is 2.62. The Morgan fingerprint density at radius 3 is 3.17 bits per heavy atom. The Labute approximate surface area is 139 Å². The molecule has 5 atom stereocenters. The van der Waals surface area contributed by atoms with Crippen molar-refractivity contribution in [3.8, 4) is 11.5 Å². The van der Waals surface area contributed by atoms with Crippen molar-refractivity contribution in [3.63, 3.8) is 0 Å². The normalized spacial score (nSPS) is 38.1. The maximum Gasteiger partial charge on any atom is 0.179 e. The summed E-state index contributed by atoms with van der Waals surface area (Å²) in [6.45, 7) is 0.974. The molecule has 124 valence electrons. The maximum atomic E-state index is 10.6. The van der Waals surface area contributed by atoms with Gasteiger partial charge in [0.2, 0.25) is 0 Å². The van der Waals surface area contributed by atoms with Crippen LogP contribution < -0.4 is 9.57 Å². The number of aliphatic hydroxyl groups excluding tert-OH is 1. The van der Waals surface area contributed by atoms with Crippen LogP contribution in [0.1, 0.15) is 17.5 Å². The smallest absolute Gasteiger partial charge is 0.179 e. The largest absolute Gasteiger partial charge is 0.482 e. The lowest BCUT2D eigenvalue weighted by atomic mass is 9.53.